The Morgan fingerprint density at radius 3 is 2.41 bits per heavy atom. The second-order valence-corrected chi connectivity index (χ2v) is 4.46. The summed E-state index contributed by atoms with van der Waals surface area (Å²) in [5.41, 5.74) is 4.61. The number of carbonyl (C=O) groups is 1. The molecule has 0 atom stereocenters. The maximum atomic E-state index is 11.1. The maximum Gasteiger partial charge on any atom is 0.315 e. The van der Waals surface area contributed by atoms with Crippen LogP contribution >= 0.6 is 0 Å². The minimum absolute atomic E-state index is 0.525. The molecule has 0 radical (unpaired) electrons. The van der Waals surface area contributed by atoms with E-state index in [1.807, 2.05) is 30.3 Å². The molecular formula is C13H18N2O2. The van der Waals surface area contributed by atoms with Gasteiger partial charge in [0.1, 0.15) is 5.75 Å². The van der Waals surface area contributed by atoms with Crippen molar-refractivity contribution in [2.45, 2.75) is 37.8 Å². The second kappa shape index (κ2) is 5.08. The van der Waals surface area contributed by atoms with Crippen LogP contribution in [0.15, 0.2) is 30.3 Å². The van der Waals surface area contributed by atoms with Crippen molar-refractivity contribution < 1.29 is 9.53 Å². The number of carbonyl (C=O) groups excluding carboxylic acids is 1. The molecule has 1 fully saturated rings. The van der Waals surface area contributed by atoms with Crippen molar-refractivity contribution >= 4 is 6.03 Å². The molecule has 92 valence electrons. The average Bonchev–Trinajstić information content (AvgIpc) is 2.30. The minimum Gasteiger partial charge on any atom is -0.468 e. The summed E-state index contributed by atoms with van der Waals surface area (Å²) in [4.78, 5) is 11.1. The number of primary amides is 1. The van der Waals surface area contributed by atoms with Gasteiger partial charge in [0, 0.05) is 12.8 Å². The van der Waals surface area contributed by atoms with E-state index < -0.39 is 11.8 Å². The first-order valence-electron chi connectivity index (χ1n) is 6.02. The first-order valence-corrected chi connectivity index (χ1v) is 6.02. The van der Waals surface area contributed by atoms with E-state index in [1.54, 1.807) is 0 Å². The molecule has 17 heavy (non-hydrogen) atoms. The van der Waals surface area contributed by atoms with E-state index in [-0.39, 0.29) is 0 Å². The molecule has 3 N–H and O–H groups in total. The van der Waals surface area contributed by atoms with Crippen molar-refractivity contribution in [3.8, 4) is 5.75 Å². The summed E-state index contributed by atoms with van der Waals surface area (Å²) in [5, 5.41) is 2.76. The normalized spacial score (nSPS) is 18.4. The standard InChI is InChI=1S/C13H18N2O2/c14-12(16)15-13(9-5-2-6-10-13)17-11-7-3-1-4-8-11/h1,3-4,7-8H,2,5-6,9-10H2,(H3,14,15,16). The molecule has 0 saturated heterocycles. The third-order valence-corrected chi connectivity index (χ3v) is 3.07. The highest BCUT2D eigenvalue weighted by molar-refractivity contribution is 5.72. The molecule has 0 aromatic heterocycles. The molecule has 0 bridgehead atoms. The van der Waals surface area contributed by atoms with Gasteiger partial charge in [-0.3, -0.25) is 0 Å². The molecule has 2 amide bonds. The van der Waals surface area contributed by atoms with E-state index in [0.29, 0.717) is 0 Å². The van der Waals surface area contributed by atoms with Gasteiger partial charge in [-0.25, -0.2) is 4.79 Å². The highest BCUT2D eigenvalue weighted by atomic mass is 16.5. The predicted molar refractivity (Wildman–Crippen MR) is 65.6 cm³/mol. The van der Waals surface area contributed by atoms with E-state index in [9.17, 15) is 4.79 Å². The molecule has 4 nitrogen and oxygen atoms in total. The summed E-state index contributed by atoms with van der Waals surface area (Å²) in [6.45, 7) is 0. The zero-order valence-corrected chi connectivity index (χ0v) is 9.82. The fourth-order valence-corrected chi connectivity index (χ4v) is 2.31. The van der Waals surface area contributed by atoms with Crippen molar-refractivity contribution in [2.75, 3.05) is 0 Å². The van der Waals surface area contributed by atoms with Gasteiger partial charge >= 0.3 is 6.03 Å². The lowest BCUT2D eigenvalue weighted by Gasteiger charge is -2.37. The van der Waals surface area contributed by atoms with Gasteiger partial charge in [-0.15, -0.1) is 0 Å². The predicted octanol–water partition coefficient (Wildman–Crippen LogP) is 2.39. The lowest BCUT2D eigenvalue weighted by molar-refractivity contribution is 0.00949. The number of hydrogen-bond donors (Lipinski definition) is 2. The van der Waals surface area contributed by atoms with Gasteiger partial charge < -0.3 is 15.8 Å². The number of nitrogens with two attached hydrogens (primary N) is 1. The van der Waals surface area contributed by atoms with Crippen molar-refractivity contribution in [1.29, 1.82) is 0 Å². The van der Waals surface area contributed by atoms with E-state index in [0.717, 1.165) is 31.4 Å². The molecule has 0 aliphatic heterocycles. The van der Waals surface area contributed by atoms with Crippen LogP contribution in [0.25, 0.3) is 0 Å². The van der Waals surface area contributed by atoms with E-state index in [2.05, 4.69) is 5.32 Å². The monoisotopic (exact) mass is 234 g/mol. The number of rotatable bonds is 3. The van der Waals surface area contributed by atoms with E-state index in [1.165, 1.54) is 6.42 Å². The number of benzene rings is 1. The molecular weight excluding hydrogens is 216 g/mol. The summed E-state index contributed by atoms with van der Waals surface area (Å²) in [6, 6.07) is 9.01. The number of ether oxygens (including phenoxy) is 1. The first kappa shape index (κ1) is 11.8. The van der Waals surface area contributed by atoms with Gasteiger partial charge in [0.2, 0.25) is 0 Å². The molecule has 1 aliphatic rings. The van der Waals surface area contributed by atoms with Crippen molar-refractivity contribution in [3.05, 3.63) is 30.3 Å². The molecule has 0 unspecified atom stereocenters. The number of hydrogen-bond acceptors (Lipinski definition) is 2. The van der Waals surface area contributed by atoms with Crippen LogP contribution in [0.5, 0.6) is 5.75 Å². The van der Waals surface area contributed by atoms with E-state index in [4.69, 9.17) is 10.5 Å². The maximum absolute atomic E-state index is 11.1. The Bertz CT molecular complexity index is 372. The second-order valence-electron chi connectivity index (χ2n) is 4.46. The van der Waals surface area contributed by atoms with Gasteiger partial charge in [0.15, 0.2) is 5.72 Å². The Hall–Kier alpha value is -1.71. The van der Waals surface area contributed by atoms with Gasteiger partial charge in [-0.05, 0) is 25.0 Å². The van der Waals surface area contributed by atoms with E-state index >= 15 is 0 Å². The average molecular weight is 234 g/mol. The van der Waals surface area contributed by atoms with Gasteiger partial charge in [0.05, 0.1) is 0 Å². The fourth-order valence-electron chi connectivity index (χ4n) is 2.31. The lowest BCUT2D eigenvalue weighted by atomic mass is 9.91. The number of urea groups is 1. The number of amides is 2. The Morgan fingerprint density at radius 2 is 1.82 bits per heavy atom. The van der Waals surface area contributed by atoms with Crippen LogP contribution in [0.2, 0.25) is 0 Å². The largest absolute Gasteiger partial charge is 0.468 e. The highest BCUT2D eigenvalue weighted by Gasteiger charge is 2.35. The van der Waals surface area contributed by atoms with Crippen LogP contribution in [0, 0.1) is 0 Å². The zero-order valence-electron chi connectivity index (χ0n) is 9.82. The minimum atomic E-state index is -0.620. The Balaban J connectivity index is 2.12. The van der Waals surface area contributed by atoms with Crippen LogP contribution < -0.4 is 15.8 Å². The third kappa shape index (κ3) is 3.12. The van der Waals surface area contributed by atoms with Crippen molar-refractivity contribution in [3.63, 3.8) is 0 Å². The first-order chi connectivity index (χ1) is 8.20. The molecule has 1 aromatic carbocycles. The van der Waals surface area contributed by atoms with Crippen LogP contribution in [-0.4, -0.2) is 11.8 Å². The van der Waals surface area contributed by atoms with Gasteiger partial charge in [-0.2, -0.15) is 0 Å². The molecule has 2 rings (SSSR count). The van der Waals surface area contributed by atoms with Crippen LogP contribution in [0.1, 0.15) is 32.1 Å². The Labute approximate surface area is 101 Å². The molecule has 0 spiro atoms. The molecule has 1 aromatic rings. The Morgan fingerprint density at radius 1 is 1.18 bits per heavy atom. The molecule has 0 heterocycles. The van der Waals surface area contributed by atoms with Crippen LogP contribution in [-0.2, 0) is 0 Å². The van der Waals surface area contributed by atoms with Gasteiger partial charge in [-0.1, -0.05) is 24.6 Å². The van der Waals surface area contributed by atoms with Crippen LogP contribution in [0.3, 0.4) is 0 Å². The fraction of sp³-hybridized carbons (Fsp3) is 0.462. The molecule has 1 saturated carbocycles. The topological polar surface area (TPSA) is 64.4 Å². The summed E-state index contributed by atoms with van der Waals surface area (Å²) < 4.78 is 5.94. The van der Waals surface area contributed by atoms with Gasteiger partial charge in [0.25, 0.3) is 0 Å². The van der Waals surface area contributed by atoms with Crippen molar-refractivity contribution in [2.24, 2.45) is 5.73 Å². The smallest absolute Gasteiger partial charge is 0.315 e. The molecule has 4 heteroatoms. The number of para-hydroxylation sites is 1. The third-order valence-electron chi connectivity index (χ3n) is 3.07. The Kier molecular flexibility index (Phi) is 3.52. The van der Waals surface area contributed by atoms with Crippen LogP contribution in [0.4, 0.5) is 4.79 Å². The highest BCUT2D eigenvalue weighted by Crippen LogP contribution is 2.30. The lowest BCUT2D eigenvalue weighted by Crippen LogP contribution is -2.55. The number of nitrogens with one attached hydrogen (secondary N) is 1. The summed E-state index contributed by atoms with van der Waals surface area (Å²) >= 11 is 0. The summed E-state index contributed by atoms with van der Waals surface area (Å²) in [5.74, 6) is 0.767. The quantitative estimate of drug-likeness (QED) is 0.789. The SMILES string of the molecule is NC(=O)NC1(Oc2ccccc2)CCCCC1. The summed E-state index contributed by atoms with van der Waals surface area (Å²) in [6.07, 6.45) is 4.90. The zero-order chi connectivity index (χ0) is 12.1. The molecule has 1 aliphatic carbocycles. The summed E-state index contributed by atoms with van der Waals surface area (Å²) in [7, 11) is 0. The van der Waals surface area contributed by atoms with Crippen molar-refractivity contribution in [1.82, 2.24) is 5.32 Å².